The van der Waals surface area contributed by atoms with E-state index in [0.29, 0.717) is 13.1 Å². The summed E-state index contributed by atoms with van der Waals surface area (Å²) in [6.45, 7) is 3.96. The summed E-state index contributed by atoms with van der Waals surface area (Å²) in [6.07, 6.45) is 1.63. The van der Waals surface area contributed by atoms with E-state index < -0.39 is 12.0 Å². The molecule has 17 heavy (non-hydrogen) atoms. The first-order valence-corrected chi connectivity index (χ1v) is 5.28. The van der Waals surface area contributed by atoms with Crippen LogP contribution in [0.4, 0.5) is 4.79 Å². The molecule has 0 fully saturated rings. The molecule has 1 heterocycles. The van der Waals surface area contributed by atoms with Crippen LogP contribution in [0.25, 0.3) is 0 Å². The number of rotatable bonds is 5. The van der Waals surface area contributed by atoms with Crippen molar-refractivity contribution in [3.8, 4) is 0 Å². The molecule has 3 N–H and O–H groups in total. The average molecular weight is 240 g/mol. The molecule has 7 heteroatoms. The number of aliphatic carboxylic acids is 1. The number of urea groups is 1. The molecule has 0 aromatic carbocycles. The van der Waals surface area contributed by atoms with E-state index in [1.54, 1.807) is 13.1 Å². The van der Waals surface area contributed by atoms with Gasteiger partial charge in [-0.25, -0.2) is 4.79 Å². The van der Waals surface area contributed by atoms with Crippen LogP contribution in [0, 0.1) is 6.92 Å². The molecule has 0 bridgehead atoms. The second-order valence-electron chi connectivity index (χ2n) is 3.59. The Hall–Kier alpha value is -2.05. The Balaban J connectivity index is 2.48. The number of carbonyl (C=O) groups is 2. The topological polar surface area (TPSA) is 98.3 Å². The first-order valence-electron chi connectivity index (χ1n) is 5.28. The Bertz CT molecular complexity index is 402. The molecule has 0 atom stereocenters. The highest BCUT2D eigenvalue weighted by molar-refractivity contribution is 5.80. The maximum atomic E-state index is 11.6. The molecular formula is C10H16N4O3. The number of likely N-dealkylation sites (N-methyl/N-ethyl adjacent to an activating group) is 1. The number of carbonyl (C=O) groups excluding carboxylic acids is 1. The van der Waals surface area contributed by atoms with Crippen molar-refractivity contribution in [2.45, 2.75) is 20.4 Å². The number of aromatic amines is 1. The van der Waals surface area contributed by atoms with Gasteiger partial charge in [0.05, 0.1) is 6.20 Å². The summed E-state index contributed by atoms with van der Waals surface area (Å²) in [4.78, 5) is 23.4. The minimum Gasteiger partial charge on any atom is -0.480 e. The summed E-state index contributed by atoms with van der Waals surface area (Å²) in [5.74, 6) is -1.03. The van der Waals surface area contributed by atoms with Crippen LogP contribution in [0.15, 0.2) is 6.20 Å². The Morgan fingerprint density at radius 2 is 2.29 bits per heavy atom. The molecule has 7 nitrogen and oxygen atoms in total. The Kier molecular flexibility index (Phi) is 4.50. The van der Waals surface area contributed by atoms with Crippen LogP contribution in [0.1, 0.15) is 18.2 Å². The van der Waals surface area contributed by atoms with Crippen LogP contribution >= 0.6 is 0 Å². The standard InChI is InChI=1S/C10H16N4O3/c1-3-14(6-9(15)16)10(17)11-4-8-5-12-13-7(8)2/h5H,3-4,6H2,1-2H3,(H,11,17)(H,12,13)(H,15,16). The lowest BCUT2D eigenvalue weighted by Gasteiger charge is -2.18. The quantitative estimate of drug-likeness (QED) is 0.691. The van der Waals surface area contributed by atoms with E-state index in [2.05, 4.69) is 15.5 Å². The summed E-state index contributed by atoms with van der Waals surface area (Å²) >= 11 is 0. The molecule has 0 aliphatic rings. The number of H-pyrrole nitrogens is 1. The van der Waals surface area contributed by atoms with E-state index in [9.17, 15) is 9.59 Å². The highest BCUT2D eigenvalue weighted by Crippen LogP contribution is 2.01. The van der Waals surface area contributed by atoms with Crippen LogP contribution in [0.2, 0.25) is 0 Å². The van der Waals surface area contributed by atoms with Crippen LogP contribution in [0.3, 0.4) is 0 Å². The number of aryl methyl sites for hydroxylation is 1. The van der Waals surface area contributed by atoms with E-state index >= 15 is 0 Å². The lowest BCUT2D eigenvalue weighted by atomic mass is 10.3. The smallest absolute Gasteiger partial charge is 0.323 e. The molecule has 2 amide bonds. The maximum absolute atomic E-state index is 11.6. The van der Waals surface area contributed by atoms with Crippen LogP contribution in [-0.2, 0) is 11.3 Å². The number of nitrogens with one attached hydrogen (secondary N) is 2. The normalized spacial score (nSPS) is 10.0. The number of amides is 2. The molecule has 0 aliphatic heterocycles. The molecule has 1 aromatic heterocycles. The highest BCUT2D eigenvalue weighted by Gasteiger charge is 2.14. The van der Waals surface area contributed by atoms with Gasteiger partial charge in [-0.1, -0.05) is 0 Å². The second-order valence-corrected chi connectivity index (χ2v) is 3.59. The average Bonchev–Trinajstić information content (AvgIpc) is 2.68. The van der Waals surface area contributed by atoms with Gasteiger partial charge in [0.25, 0.3) is 0 Å². The van der Waals surface area contributed by atoms with Gasteiger partial charge in [0.1, 0.15) is 6.54 Å². The molecule has 94 valence electrons. The fourth-order valence-electron chi connectivity index (χ4n) is 1.33. The third-order valence-electron chi connectivity index (χ3n) is 2.36. The minimum atomic E-state index is -1.03. The molecule has 0 spiro atoms. The van der Waals surface area contributed by atoms with Crippen molar-refractivity contribution < 1.29 is 14.7 Å². The van der Waals surface area contributed by atoms with Gasteiger partial charge < -0.3 is 15.3 Å². The van der Waals surface area contributed by atoms with Crippen molar-refractivity contribution in [3.05, 3.63) is 17.5 Å². The fraction of sp³-hybridized carbons (Fsp3) is 0.500. The first-order chi connectivity index (χ1) is 8.04. The zero-order chi connectivity index (χ0) is 12.8. The van der Waals surface area contributed by atoms with Gasteiger partial charge in [-0.2, -0.15) is 5.10 Å². The molecule has 0 saturated heterocycles. The Morgan fingerprint density at radius 1 is 1.59 bits per heavy atom. The monoisotopic (exact) mass is 240 g/mol. The van der Waals surface area contributed by atoms with Crippen LogP contribution in [-0.4, -0.2) is 45.3 Å². The summed E-state index contributed by atoms with van der Waals surface area (Å²) in [5.41, 5.74) is 1.76. The lowest BCUT2D eigenvalue weighted by Crippen LogP contribution is -2.42. The van der Waals surface area contributed by atoms with Crippen molar-refractivity contribution >= 4 is 12.0 Å². The predicted octanol–water partition coefficient (Wildman–Crippen LogP) is 0.334. The molecule has 1 aromatic rings. The molecule has 0 unspecified atom stereocenters. The Labute approximate surface area is 98.8 Å². The number of aromatic nitrogens is 2. The van der Waals surface area contributed by atoms with Gasteiger partial charge in [-0.15, -0.1) is 0 Å². The zero-order valence-electron chi connectivity index (χ0n) is 9.86. The van der Waals surface area contributed by atoms with Gasteiger partial charge in [0.15, 0.2) is 0 Å². The lowest BCUT2D eigenvalue weighted by molar-refractivity contribution is -0.137. The van der Waals surface area contributed by atoms with E-state index in [1.165, 1.54) is 4.90 Å². The SMILES string of the molecule is CCN(CC(=O)O)C(=O)NCc1cn[nH]c1C. The van der Waals surface area contributed by atoms with Gasteiger partial charge in [0.2, 0.25) is 0 Å². The van der Waals surface area contributed by atoms with Crippen LogP contribution in [0.5, 0.6) is 0 Å². The predicted molar refractivity (Wildman–Crippen MR) is 60.4 cm³/mol. The van der Waals surface area contributed by atoms with Gasteiger partial charge in [0, 0.05) is 24.3 Å². The van der Waals surface area contributed by atoms with Gasteiger partial charge in [-0.05, 0) is 13.8 Å². The van der Waals surface area contributed by atoms with E-state index in [4.69, 9.17) is 5.11 Å². The Morgan fingerprint density at radius 3 is 2.76 bits per heavy atom. The number of carboxylic acids is 1. The van der Waals surface area contributed by atoms with E-state index in [0.717, 1.165) is 11.3 Å². The second kappa shape index (κ2) is 5.88. The van der Waals surface area contributed by atoms with Crippen molar-refractivity contribution in [3.63, 3.8) is 0 Å². The first kappa shape index (κ1) is 13.0. The van der Waals surface area contributed by atoms with Crippen molar-refractivity contribution in [2.75, 3.05) is 13.1 Å². The zero-order valence-corrected chi connectivity index (χ0v) is 9.86. The molecule has 0 aliphatic carbocycles. The summed E-state index contributed by atoms with van der Waals surface area (Å²) in [7, 11) is 0. The molecule has 0 radical (unpaired) electrons. The largest absolute Gasteiger partial charge is 0.480 e. The van der Waals surface area contributed by atoms with E-state index in [-0.39, 0.29) is 6.54 Å². The summed E-state index contributed by atoms with van der Waals surface area (Å²) < 4.78 is 0. The van der Waals surface area contributed by atoms with Crippen molar-refractivity contribution in [1.29, 1.82) is 0 Å². The van der Waals surface area contributed by atoms with Gasteiger partial charge in [-0.3, -0.25) is 9.89 Å². The third-order valence-corrected chi connectivity index (χ3v) is 2.36. The number of nitrogens with zero attached hydrogens (tertiary/aromatic N) is 2. The minimum absolute atomic E-state index is 0.299. The third kappa shape index (κ3) is 3.78. The molecule has 1 rings (SSSR count). The number of hydrogen-bond acceptors (Lipinski definition) is 3. The van der Waals surface area contributed by atoms with Crippen molar-refractivity contribution in [1.82, 2.24) is 20.4 Å². The molecular weight excluding hydrogens is 224 g/mol. The maximum Gasteiger partial charge on any atom is 0.323 e. The summed E-state index contributed by atoms with van der Waals surface area (Å²) in [5, 5.41) is 17.9. The highest BCUT2D eigenvalue weighted by atomic mass is 16.4. The van der Waals surface area contributed by atoms with Crippen molar-refractivity contribution in [2.24, 2.45) is 0 Å². The molecule has 0 saturated carbocycles. The van der Waals surface area contributed by atoms with Gasteiger partial charge >= 0.3 is 12.0 Å². The number of carboxylic acid groups (broad SMARTS) is 1. The van der Waals surface area contributed by atoms with Crippen LogP contribution < -0.4 is 5.32 Å². The summed E-state index contributed by atoms with van der Waals surface area (Å²) in [6, 6.07) is -0.393. The van der Waals surface area contributed by atoms with E-state index in [1.807, 2.05) is 6.92 Å². The fourth-order valence-corrected chi connectivity index (χ4v) is 1.33. The number of hydrogen-bond donors (Lipinski definition) is 3.